The van der Waals surface area contributed by atoms with Crippen LogP contribution in [0.3, 0.4) is 0 Å². The summed E-state index contributed by atoms with van der Waals surface area (Å²) in [4.78, 5) is 28.9. The Morgan fingerprint density at radius 2 is 1.91 bits per heavy atom. The van der Waals surface area contributed by atoms with Gasteiger partial charge in [-0.15, -0.1) is 0 Å². The number of nitrogens with zero attached hydrogens (tertiary/aromatic N) is 2. The van der Waals surface area contributed by atoms with E-state index in [1.807, 2.05) is 32.9 Å². The van der Waals surface area contributed by atoms with Gasteiger partial charge in [-0.25, -0.2) is 4.79 Å². The first-order valence-electron chi connectivity index (χ1n) is 9.96. The highest BCUT2D eigenvalue weighted by Gasteiger charge is 2.19. The Morgan fingerprint density at radius 3 is 2.56 bits per heavy atom. The molecule has 9 nitrogen and oxygen atoms in total. The molecular weight excluding hydrogens is 414 g/mol. The van der Waals surface area contributed by atoms with Gasteiger partial charge in [0.1, 0.15) is 0 Å². The maximum absolute atomic E-state index is 13.0. The molecule has 1 aromatic heterocycles. The molecule has 0 atom stereocenters. The van der Waals surface area contributed by atoms with Crippen LogP contribution in [0, 0.1) is 6.92 Å². The number of amides is 1. The van der Waals surface area contributed by atoms with Crippen LogP contribution in [0.25, 0.3) is 11.5 Å². The summed E-state index contributed by atoms with van der Waals surface area (Å²) in [6, 6.07) is 10.2. The number of carbonyl (C=O) groups is 2. The van der Waals surface area contributed by atoms with Gasteiger partial charge in [0, 0.05) is 11.5 Å². The molecule has 0 fully saturated rings. The molecule has 2 aromatic carbocycles. The highest BCUT2D eigenvalue weighted by molar-refractivity contribution is 6.06. The largest absolute Gasteiger partial charge is 0.493 e. The topological polar surface area (TPSA) is 113 Å². The lowest BCUT2D eigenvalue weighted by Gasteiger charge is -2.14. The molecule has 0 aliphatic heterocycles. The van der Waals surface area contributed by atoms with Crippen molar-refractivity contribution in [2.24, 2.45) is 0 Å². The number of ether oxygens (including phenoxy) is 3. The number of hydrogen-bond donors (Lipinski definition) is 1. The number of carbonyl (C=O) groups excluding carboxylic acids is 2. The van der Waals surface area contributed by atoms with Crippen molar-refractivity contribution < 1.29 is 28.3 Å². The normalized spacial score (nSPS) is 10.7. The smallest absolute Gasteiger partial charge is 0.343 e. The summed E-state index contributed by atoms with van der Waals surface area (Å²) in [6.45, 7) is 5.50. The van der Waals surface area contributed by atoms with Crippen molar-refractivity contribution in [1.29, 1.82) is 0 Å². The average Bonchev–Trinajstić information content (AvgIpc) is 3.29. The molecule has 32 heavy (non-hydrogen) atoms. The second kappa shape index (κ2) is 9.95. The van der Waals surface area contributed by atoms with Crippen molar-refractivity contribution in [1.82, 2.24) is 10.1 Å². The van der Waals surface area contributed by atoms with E-state index in [0.717, 1.165) is 5.56 Å². The molecule has 0 aliphatic carbocycles. The minimum absolute atomic E-state index is 0.109. The molecule has 1 N–H and O–H groups in total. The molecule has 1 heterocycles. The van der Waals surface area contributed by atoms with Crippen molar-refractivity contribution in [2.75, 3.05) is 26.1 Å². The lowest BCUT2D eigenvalue weighted by atomic mass is 10.1. The van der Waals surface area contributed by atoms with Gasteiger partial charge in [-0.3, -0.25) is 4.79 Å². The molecule has 0 aliphatic rings. The molecule has 1 amide bonds. The van der Waals surface area contributed by atoms with Gasteiger partial charge in [-0.2, -0.15) is 4.98 Å². The van der Waals surface area contributed by atoms with Crippen LogP contribution in [0.5, 0.6) is 11.5 Å². The monoisotopic (exact) mass is 439 g/mol. The van der Waals surface area contributed by atoms with Gasteiger partial charge in [0.05, 0.1) is 25.5 Å². The summed E-state index contributed by atoms with van der Waals surface area (Å²) in [5.74, 6) is 0.716. The SMILES string of the molecule is COC(=O)COc1cc(C(=O)Nc2c(C)cccc2-c2nc(C(C)C)no2)ccc1OC. The van der Waals surface area contributed by atoms with Crippen molar-refractivity contribution in [2.45, 2.75) is 26.7 Å². The number of aryl methyl sites for hydroxylation is 1. The number of aromatic nitrogens is 2. The fourth-order valence-corrected chi connectivity index (χ4v) is 2.90. The third kappa shape index (κ3) is 5.05. The summed E-state index contributed by atoms with van der Waals surface area (Å²) in [6.07, 6.45) is 0. The van der Waals surface area contributed by atoms with Gasteiger partial charge in [-0.05, 0) is 36.8 Å². The van der Waals surface area contributed by atoms with E-state index >= 15 is 0 Å². The van der Waals surface area contributed by atoms with Crippen LogP contribution in [0.2, 0.25) is 0 Å². The van der Waals surface area contributed by atoms with Crippen LogP contribution in [0.4, 0.5) is 5.69 Å². The third-order valence-corrected chi connectivity index (χ3v) is 4.70. The fraction of sp³-hybridized carbons (Fsp3) is 0.304. The maximum Gasteiger partial charge on any atom is 0.343 e. The Kier molecular flexibility index (Phi) is 7.09. The van der Waals surface area contributed by atoms with Gasteiger partial charge in [0.15, 0.2) is 23.9 Å². The molecule has 3 aromatic rings. The van der Waals surface area contributed by atoms with Gasteiger partial charge < -0.3 is 24.1 Å². The zero-order chi connectivity index (χ0) is 23.3. The molecule has 9 heteroatoms. The molecule has 0 saturated heterocycles. The summed E-state index contributed by atoms with van der Waals surface area (Å²) in [5, 5.41) is 6.92. The van der Waals surface area contributed by atoms with E-state index in [-0.39, 0.29) is 24.2 Å². The van der Waals surface area contributed by atoms with Gasteiger partial charge in [0.25, 0.3) is 11.8 Å². The van der Waals surface area contributed by atoms with Gasteiger partial charge >= 0.3 is 5.97 Å². The Hall–Kier alpha value is -3.88. The van der Waals surface area contributed by atoms with Crippen LogP contribution < -0.4 is 14.8 Å². The van der Waals surface area contributed by atoms with Crippen LogP contribution in [-0.4, -0.2) is 42.8 Å². The zero-order valence-electron chi connectivity index (χ0n) is 18.6. The second-order valence-corrected chi connectivity index (χ2v) is 7.29. The van der Waals surface area contributed by atoms with E-state index in [1.165, 1.54) is 20.3 Å². The van der Waals surface area contributed by atoms with Gasteiger partial charge in [0.2, 0.25) is 0 Å². The Bertz CT molecular complexity index is 1120. The third-order valence-electron chi connectivity index (χ3n) is 4.70. The first kappa shape index (κ1) is 22.8. The molecule has 168 valence electrons. The highest BCUT2D eigenvalue weighted by Crippen LogP contribution is 2.32. The molecule has 0 bridgehead atoms. The lowest BCUT2D eigenvalue weighted by Crippen LogP contribution is -2.15. The Balaban J connectivity index is 1.89. The summed E-state index contributed by atoms with van der Waals surface area (Å²) in [5.41, 5.74) is 2.32. The van der Waals surface area contributed by atoms with Crippen LogP contribution in [0.15, 0.2) is 40.9 Å². The van der Waals surface area contributed by atoms with Crippen molar-refractivity contribution in [3.8, 4) is 23.0 Å². The standard InChI is InChI=1S/C23H25N3O6/c1-13(2)21-25-23(32-26-21)16-8-6-7-14(3)20(16)24-22(28)15-9-10-17(29-4)18(11-15)31-12-19(27)30-5/h6-11,13H,12H2,1-5H3,(H,24,28). The molecular formula is C23H25N3O6. The Morgan fingerprint density at radius 1 is 1.12 bits per heavy atom. The molecule has 3 rings (SSSR count). The fourth-order valence-electron chi connectivity index (χ4n) is 2.90. The predicted octanol–water partition coefficient (Wildman–Crippen LogP) is 3.98. The minimum atomic E-state index is -0.549. The van der Waals surface area contributed by atoms with E-state index in [0.29, 0.717) is 34.3 Å². The van der Waals surface area contributed by atoms with Crippen molar-refractivity contribution in [3.63, 3.8) is 0 Å². The molecule has 0 radical (unpaired) electrons. The van der Waals surface area contributed by atoms with Crippen molar-refractivity contribution >= 4 is 17.6 Å². The maximum atomic E-state index is 13.0. The molecule has 0 spiro atoms. The number of hydrogen-bond acceptors (Lipinski definition) is 8. The first-order chi connectivity index (χ1) is 15.3. The first-order valence-corrected chi connectivity index (χ1v) is 9.96. The van der Waals surface area contributed by atoms with E-state index in [2.05, 4.69) is 20.2 Å². The number of para-hydroxylation sites is 1. The van der Waals surface area contributed by atoms with E-state index in [9.17, 15) is 9.59 Å². The quantitative estimate of drug-likeness (QED) is 0.525. The lowest BCUT2D eigenvalue weighted by molar-refractivity contribution is -0.142. The number of esters is 1. The summed E-state index contributed by atoms with van der Waals surface area (Å²) >= 11 is 0. The second-order valence-electron chi connectivity index (χ2n) is 7.29. The number of anilines is 1. The van der Waals surface area contributed by atoms with E-state index in [1.54, 1.807) is 18.2 Å². The zero-order valence-corrected chi connectivity index (χ0v) is 18.6. The van der Waals surface area contributed by atoms with Crippen LogP contribution in [0.1, 0.15) is 41.5 Å². The average molecular weight is 439 g/mol. The number of nitrogens with one attached hydrogen (secondary N) is 1. The number of rotatable bonds is 8. The number of benzene rings is 2. The summed E-state index contributed by atoms with van der Waals surface area (Å²) < 4.78 is 20.7. The van der Waals surface area contributed by atoms with Crippen LogP contribution in [-0.2, 0) is 9.53 Å². The van der Waals surface area contributed by atoms with Crippen LogP contribution >= 0.6 is 0 Å². The summed E-state index contributed by atoms with van der Waals surface area (Å²) in [7, 11) is 2.73. The van der Waals surface area contributed by atoms with E-state index in [4.69, 9.17) is 14.0 Å². The number of methoxy groups -OCH3 is 2. The highest BCUT2D eigenvalue weighted by atomic mass is 16.6. The van der Waals surface area contributed by atoms with E-state index < -0.39 is 5.97 Å². The minimum Gasteiger partial charge on any atom is -0.493 e. The molecule has 0 unspecified atom stereocenters. The Labute approximate surface area is 185 Å². The predicted molar refractivity (Wildman–Crippen MR) is 117 cm³/mol. The van der Waals surface area contributed by atoms with Gasteiger partial charge in [-0.1, -0.05) is 31.1 Å². The molecule has 0 saturated carbocycles. The van der Waals surface area contributed by atoms with Crippen molar-refractivity contribution in [3.05, 3.63) is 53.3 Å².